The molecule has 0 radical (unpaired) electrons. The molecule has 2 heteroatoms. The van der Waals surface area contributed by atoms with Crippen LogP contribution in [0.15, 0.2) is 0 Å². The summed E-state index contributed by atoms with van der Waals surface area (Å²) in [5.41, 5.74) is 5.99. The summed E-state index contributed by atoms with van der Waals surface area (Å²) >= 11 is 0. The first kappa shape index (κ1) is 10.4. The van der Waals surface area contributed by atoms with Gasteiger partial charge in [0.1, 0.15) is 0 Å². The zero-order valence-corrected chi connectivity index (χ0v) is 9.17. The molecule has 0 saturated heterocycles. The highest BCUT2D eigenvalue weighted by atomic mass is 15.0. The van der Waals surface area contributed by atoms with Crippen LogP contribution in [-0.2, 0) is 0 Å². The fourth-order valence-corrected chi connectivity index (χ4v) is 2.98. The zero-order valence-electron chi connectivity index (χ0n) is 9.17. The lowest BCUT2D eigenvalue weighted by atomic mass is 9.89. The molecular formula is C12H24N2. The molecule has 0 aliphatic heterocycles. The van der Waals surface area contributed by atoms with E-state index in [2.05, 4.69) is 5.32 Å². The van der Waals surface area contributed by atoms with Gasteiger partial charge < -0.3 is 11.1 Å². The van der Waals surface area contributed by atoms with Gasteiger partial charge in [0.2, 0.25) is 0 Å². The van der Waals surface area contributed by atoms with Gasteiger partial charge in [0.25, 0.3) is 0 Å². The molecule has 2 aliphatic carbocycles. The molecule has 2 nitrogen and oxygen atoms in total. The van der Waals surface area contributed by atoms with Crippen LogP contribution in [0.4, 0.5) is 0 Å². The van der Waals surface area contributed by atoms with Crippen molar-refractivity contribution in [2.24, 2.45) is 5.73 Å². The maximum Gasteiger partial charge on any atom is 0.00843 e. The molecule has 2 atom stereocenters. The van der Waals surface area contributed by atoms with Gasteiger partial charge in [-0.1, -0.05) is 25.7 Å². The Morgan fingerprint density at radius 3 is 2.21 bits per heavy atom. The van der Waals surface area contributed by atoms with E-state index in [1.165, 1.54) is 57.8 Å². The number of hydrogen-bond donors (Lipinski definition) is 2. The van der Waals surface area contributed by atoms with E-state index in [-0.39, 0.29) is 0 Å². The third kappa shape index (κ3) is 2.96. The van der Waals surface area contributed by atoms with Gasteiger partial charge in [-0.05, 0) is 32.1 Å². The number of nitrogens with two attached hydrogens (primary N) is 1. The highest BCUT2D eigenvalue weighted by Gasteiger charge is 2.22. The summed E-state index contributed by atoms with van der Waals surface area (Å²) in [7, 11) is 0. The molecular weight excluding hydrogens is 172 g/mol. The first-order chi connectivity index (χ1) is 6.84. The monoisotopic (exact) mass is 196 g/mol. The van der Waals surface area contributed by atoms with E-state index in [9.17, 15) is 0 Å². The van der Waals surface area contributed by atoms with Crippen LogP contribution in [0.25, 0.3) is 0 Å². The van der Waals surface area contributed by atoms with Crippen molar-refractivity contribution >= 4 is 0 Å². The molecule has 0 heterocycles. The third-order valence-corrected chi connectivity index (χ3v) is 3.79. The van der Waals surface area contributed by atoms with Gasteiger partial charge in [-0.3, -0.25) is 0 Å². The van der Waals surface area contributed by atoms with Crippen LogP contribution in [0.3, 0.4) is 0 Å². The molecule has 0 aromatic carbocycles. The summed E-state index contributed by atoms with van der Waals surface area (Å²) in [4.78, 5) is 0. The largest absolute Gasteiger partial charge is 0.328 e. The van der Waals surface area contributed by atoms with Gasteiger partial charge in [-0.2, -0.15) is 0 Å². The molecule has 2 aliphatic rings. The SMILES string of the molecule is NC1CCCC(NC2CCCCC2)C1. The summed E-state index contributed by atoms with van der Waals surface area (Å²) in [6, 6.07) is 1.99. The zero-order chi connectivity index (χ0) is 9.80. The average Bonchev–Trinajstić information content (AvgIpc) is 2.19. The first-order valence-corrected chi connectivity index (χ1v) is 6.36. The molecule has 0 aromatic rings. The maximum absolute atomic E-state index is 5.99. The van der Waals surface area contributed by atoms with Crippen molar-refractivity contribution in [3.8, 4) is 0 Å². The summed E-state index contributed by atoms with van der Waals surface area (Å²) < 4.78 is 0. The van der Waals surface area contributed by atoms with Crippen LogP contribution in [0.1, 0.15) is 57.8 Å². The number of hydrogen-bond acceptors (Lipinski definition) is 2. The minimum absolute atomic E-state index is 0.463. The van der Waals surface area contributed by atoms with Crippen LogP contribution in [-0.4, -0.2) is 18.1 Å². The molecule has 0 bridgehead atoms. The first-order valence-electron chi connectivity index (χ1n) is 6.36. The molecule has 0 amide bonds. The predicted molar refractivity (Wildman–Crippen MR) is 60.2 cm³/mol. The molecule has 3 N–H and O–H groups in total. The Bertz CT molecular complexity index is 164. The van der Waals surface area contributed by atoms with Crippen molar-refractivity contribution in [3.63, 3.8) is 0 Å². The van der Waals surface area contributed by atoms with E-state index < -0.39 is 0 Å². The fourth-order valence-electron chi connectivity index (χ4n) is 2.98. The standard InChI is InChI=1S/C12H24N2/c13-10-5-4-8-12(9-10)14-11-6-2-1-3-7-11/h10-12,14H,1-9,13H2. The Morgan fingerprint density at radius 2 is 1.50 bits per heavy atom. The van der Waals surface area contributed by atoms with Crippen LogP contribution in [0.5, 0.6) is 0 Å². The van der Waals surface area contributed by atoms with Crippen molar-refractivity contribution in [2.75, 3.05) is 0 Å². The fraction of sp³-hybridized carbons (Fsp3) is 1.00. The van der Waals surface area contributed by atoms with E-state index in [1.54, 1.807) is 0 Å². The van der Waals surface area contributed by atoms with E-state index in [4.69, 9.17) is 5.73 Å². The Balaban J connectivity index is 1.72. The van der Waals surface area contributed by atoms with Crippen LogP contribution in [0, 0.1) is 0 Å². The van der Waals surface area contributed by atoms with Crippen molar-refractivity contribution in [1.82, 2.24) is 5.32 Å². The van der Waals surface area contributed by atoms with E-state index in [0.29, 0.717) is 6.04 Å². The van der Waals surface area contributed by atoms with Crippen LogP contribution < -0.4 is 11.1 Å². The second-order valence-corrected chi connectivity index (χ2v) is 5.13. The van der Waals surface area contributed by atoms with Crippen molar-refractivity contribution in [1.29, 1.82) is 0 Å². The average molecular weight is 196 g/mol. The Kier molecular flexibility index (Phi) is 3.82. The second kappa shape index (κ2) is 5.13. The van der Waals surface area contributed by atoms with Gasteiger partial charge in [0.15, 0.2) is 0 Å². The van der Waals surface area contributed by atoms with Crippen molar-refractivity contribution < 1.29 is 0 Å². The molecule has 0 spiro atoms. The minimum Gasteiger partial charge on any atom is -0.328 e. The van der Waals surface area contributed by atoms with Crippen LogP contribution in [0.2, 0.25) is 0 Å². The third-order valence-electron chi connectivity index (χ3n) is 3.79. The van der Waals surface area contributed by atoms with Gasteiger partial charge in [-0.15, -0.1) is 0 Å². The molecule has 14 heavy (non-hydrogen) atoms. The summed E-state index contributed by atoms with van der Waals surface area (Å²) in [6.45, 7) is 0. The summed E-state index contributed by atoms with van der Waals surface area (Å²) in [5.74, 6) is 0. The van der Waals surface area contributed by atoms with E-state index in [1.807, 2.05) is 0 Å². The van der Waals surface area contributed by atoms with Crippen molar-refractivity contribution in [3.05, 3.63) is 0 Å². The number of rotatable bonds is 2. The van der Waals surface area contributed by atoms with E-state index >= 15 is 0 Å². The van der Waals surface area contributed by atoms with Gasteiger partial charge >= 0.3 is 0 Å². The van der Waals surface area contributed by atoms with E-state index in [0.717, 1.165) is 12.1 Å². The molecule has 2 unspecified atom stereocenters. The Hall–Kier alpha value is -0.0800. The second-order valence-electron chi connectivity index (χ2n) is 5.13. The lowest BCUT2D eigenvalue weighted by molar-refractivity contribution is 0.276. The van der Waals surface area contributed by atoms with Crippen molar-refractivity contribution in [2.45, 2.75) is 75.9 Å². The van der Waals surface area contributed by atoms with Gasteiger partial charge in [-0.25, -0.2) is 0 Å². The van der Waals surface area contributed by atoms with Gasteiger partial charge in [0.05, 0.1) is 0 Å². The number of nitrogens with one attached hydrogen (secondary N) is 1. The highest BCUT2D eigenvalue weighted by Crippen LogP contribution is 2.22. The summed E-state index contributed by atoms with van der Waals surface area (Å²) in [5, 5.41) is 3.81. The highest BCUT2D eigenvalue weighted by molar-refractivity contribution is 4.83. The maximum atomic E-state index is 5.99. The van der Waals surface area contributed by atoms with Crippen LogP contribution >= 0.6 is 0 Å². The summed E-state index contributed by atoms with van der Waals surface area (Å²) in [6.07, 6.45) is 12.2. The lowest BCUT2D eigenvalue weighted by Crippen LogP contribution is -2.44. The Labute approximate surface area is 87.6 Å². The normalized spacial score (nSPS) is 35.8. The quantitative estimate of drug-likeness (QED) is 0.710. The minimum atomic E-state index is 0.463. The Morgan fingerprint density at radius 1 is 0.786 bits per heavy atom. The molecule has 0 aromatic heterocycles. The van der Waals surface area contributed by atoms with Gasteiger partial charge in [0, 0.05) is 18.1 Å². The smallest absolute Gasteiger partial charge is 0.00843 e. The predicted octanol–water partition coefficient (Wildman–Crippen LogP) is 2.18. The topological polar surface area (TPSA) is 38.0 Å². The molecule has 2 fully saturated rings. The molecule has 2 saturated carbocycles. The lowest BCUT2D eigenvalue weighted by Gasteiger charge is -2.32. The molecule has 2 rings (SSSR count). The molecule has 82 valence electrons.